The highest BCUT2D eigenvalue weighted by Crippen LogP contribution is 2.25. The summed E-state index contributed by atoms with van der Waals surface area (Å²) >= 11 is 0. The Kier molecular flexibility index (Phi) is 5.61. The molecule has 2 rings (SSSR count). The van der Waals surface area contributed by atoms with Crippen LogP contribution in [0.3, 0.4) is 0 Å². The van der Waals surface area contributed by atoms with Crippen molar-refractivity contribution in [1.29, 1.82) is 0 Å². The van der Waals surface area contributed by atoms with E-state index in [0.717, 1.165) is 31.5 Å². The zero-order chi connectivity index (χ0) is 15.3. The number of unbranched alkanes of at least 4 members (excludes halogenated alkanes) is 1. The van der Waals surface area contributed by atoms with Crippen molar-refractivity contribution in [2.75, 3.05) is 25.0 Å². The van der Waals surface area contributed by atoms with E-state index in [2.05, 4.69) is 10.0 Å². The molecule has 0 bridgehead atoms. The molecule has 21 heavy (non-hydrogen) atoms. The number of ether oxygens (including phenoxy) is 1. The van der Waals surface area contributed by atoms with E-state index in [9.17, 15) is 8.42 Å². The number of anilines is 1. The fraction of sp³-hybridized carbons (Fsp3) is 0.600. The minimum Gasteiger partial charge on any atom is -0.384 e. The summed E-state index contributed by atoms with van der Waals surface area (Å²) in [4.78, 5) is 0.328. The van der Waals surface area contributed by atoms with Crippen LogP contribution < -0.4 is 10.0 Å². The Labute approximate surface area is 127 Å². The Hall–Kier alpha value is -1.11. The van der Waals surface area contributed by atoms with Crippen LogP contribution in [0.15, 0.2) is 23.1 Å². The van der Waals surface area contributed by atoms with Gasteiger partial charge in [0.15, 0.2) is 0 Å². The van der Waals surface area contributed by atoms with Gasteiger partial charge in [0.25, 0.3) is 0 Å². The van der Waals surface area contributed by atoms with E-state index < -0.39 is 10.0 Å². The number of hydrogen-bond donors (Lipinski definition) is 2. The van der Waals surface area contributed by atoms with Crippen LogP contribution >= 0.6 is 0 Å². The van der Waals surface area contributed by atoms with Crippen LogP contribution in [0.25, 0.3) is 0 Å². The average molecular weight is 312 g/mol. The summed E-state index contributed by atoms with van der Waals surface area (Å²) in [5.41, 5.74) is 2.11. The van der Waals surface area contributed by atoms with Crippen LogP contribution in [0.1, 0.15) is 32.3 Å². The largest absolute Gasteiger partial charge is 0.384 e. The molecule has 1 aliphatic heterocycles. The third-order valence-electron chi connectivity index (χ3n) is 3.42. The summed E-state index contributed by atoms with van der Waals surface area (Å²) in [7, 11) is -3.42. The molecule has 0 amide bonds. The van der Waals surface area contributed by atoms with Crippen molar-refractivity contribution in [3.63, 3.8) is 0 Å². The van der Waals surface area contributed by atoms with Crippen molar-refractivity contribution in [3.05, 3.63) is 23.8 Å². The molecule has 0 fully saturated rings. The van der Waals surface area contributed by atoms with Crippen molar-refractivity contribution < 1.29 is 13.2 Å². The number of sulfonamides is 1. The number of nitrogens with one attached hydrogen (secondary N) is 2. The molecule has 118 valence electrons. The number of fused-ring (bicyclic) bond motifs is 1. The van der Waals surface area contributed by atoms with Gasteiger partial charge in [0.1, 0.15) is 0 Å². The molecule has 6 heteroatoms. The summed E-state index contributed by atoms with van der Waals surface area (Å²) in [5.74, 6) is 0. The van der Waals surface area contributed by atoms with Gasteiger partial charge in [0.05, 0.1) is 11.0 Å². The van der Waals surface area contributed by atoms with E-state index in [1.807, 2.05) is 19.9 Å². The second-order valence-electron chi connectivity index (χ2n) is 5.52. The molecule has 2 N–H and O–H groups in total. The second kappa shape index (κ2) is 7.24. The van der Waals surface area contributed by atoms with Gasteiger partial charge in [-0.15, -0.1) is 0 Å². The molecule has 0 radical (unpaired) electrons. The molecule has 5 nitrogen and oxygen atoms in total. The van der Waals surface area contributed by atoms with Crippen LogP contribution in [-0.4, -0.2) is 34.2 Å². The zero-order valence-corrected chi connectivity index (χ0v) is 13.5. The first kappa shape index (κ1) is 16.3. The Morgan fingerprint density at radius 1 is 1.33 bits per heavy atom. The molecule has 0 unspecified atom stereocenters. The van der Waals surface area contributed by atoms with Crippen molar-refractivity contribution in [3.8, 4) is 0 Å². The minimum atomic E-state index is -3.42. The summed E-state index contributed by atoms with van der Waals surface area (Å²) in [6.07, 6.45) is 2.81. The predicted octanol–water partition coefficient (Wildman–Crippen LogP) is 2.14. The van der Waals surface area contributed by atoms with E-state index in [1.165, 1.54) is 5.56 Å². The van der Waals surface area contributed by atoms with Crippen LogP contribution in [0.4, 0.5) is 5.69 Å². The molecule has 1 aromatic rings. The molecule has 0 aromatic heterocycles. The van der Waals surface area contributed by atoms with Crippen LogP contribution in [0, 0.1) is 0 Å². The molecule has 0 saturated heterocycles. The fourth-order valence-corrected chi connectivity index (χ4v) is 3.37. The van der Waals surface area contributed by atoms with Crippen molar-refractivity contribution in [2.24, 2.45) is 0 Å². The lowest BCUT2D eigenvalue weighted by molar-refractivity contribution is 0.0762. The highest BCUT2D eigenvalue weighted by molar-refractivity contribution is 7.89. The third-order valence-corrected chi connectivity index (χ3v) is 4.87. The first-order chi connectivity index (χ1) is 9.99. The first-order valence-electron chi connectivity index (χ1n) is 7.47. The molecule has 1 aromatic carbocycles. The Balaban J connectivity index is 1.82. The standard InChI is InChI=1S/C15H24N2O3S/c1-12(2)20-10-4-3-8-17-21(18,19)14-6-5-13-7-9-16-15(13)11-14/h5-6,11-12,16-17H,3-4,7-10H2,1-2H3. The Bertz CT molecular complexity index is 570. The summed E-state index contributed by atoms with van der Waals surface area (Å²) in [6.45, 7) is 5.97. The normalized spacial score (nSPS) is 14.2. The number of benzene rings is 1. The van der Waals surface area contributed by atoms with Gasteiger partial charge in [0.2, 0.25) is 10.0 Å². The van der Waals surface area contributed by atoms with Gasteiger partial charge < -0.3 is 10.1 Å². The summed E-state index contributed by atoms with van der Waals surface area (Å²) < 4.78 is 32.5. The number of rotatable bonds is 8. The van der Waals surface area contributed by atoms with E-state index in [1.54, 1.807) is 12.1 Å². The summed E-state index contributed by atoms with van der Waals surface area (Å²) in [6, 6.07) is 5.28. The lowest BCUT2D eigenvalue weighted by atomic mass is 10.2. The van der Waals surface area contributed by atoms with Crippen LogP contribution in [-0.2, 0) is 21.2 Å². The maximum absolute atomic E-state index is 12.2. The zero-order valence-electron chi connectivity index (χ0n) is 12.7. The SMILES string of the molecule is CC(C)OCCCCNS(=O)(=O)c1ccc2c(c1)NCC2. The Morgan fingerprint density at radius 3 is 2.90 bits per heavy atom. The third kappa shape index (κ3) is 4.69. The highest BCUT2D eigenvalue weighted by Gasteiger charge is 2.17. The van der Waals surface area contributed by atoms with Crippen LogP contribution in [0.5, 0.6) is 0 Å². The molecule has 1 aliphatic rings. The average Bonchev–Trinajstić information content (AvgIpc) is 2.89. The molecular weight excluding hydrogens is 288 g/mol. The molecule has 0 saturated carbocycles. The molecule has 0 aliphatic carbocycles. The first-order valence-corrected chi connectivity index (χ1v) is 8.95. The van der Waals surface area contributed by atoms with Gasteiger partial charge >= 0.3 is 0 Å². The smallest absolute Gasteiger partial charge is 0.240 e. The maximum Gasteiger partial charge on any atom is 0.240 e. The van der Waals surface area contributed by atoms with Crippen molar-refractivity contribution in [2.45, 2.75) is 44.1 Å². The summed E-state index contributed by atoms with van der Waals surface area (Å²) in [5, 5.41) is 3.20. The second-order valence-corrected chi connectivity index (χ2v) is 7.29. The van der Waals surface area contributed by atoms with Gasteiger partial charge in [0, 0.05) is 25.4 Å². The minimum absolute atomic E-state index is 0.223. The monoisotopic (exact) mass is 312 g/mol. The molecule has 1 heterocycles. The van der Waals surface area contributed by atoms with E-state index in [4.69, 9.17) is 4.74 Å². The van der Waals surface area contributed by atoms with Crippen molar-refractivity contribution >= 4 is 15.7 Å². The highest BCUT2D eigenvalue weighted by atomic mass is 32.2. The van der Waals surface area contributed by atoms with Crippen LogP contribution in [0.2, 0.25) is 0 Å². The fourth-order valence-electron chi connectivity index (χ4n) is 2.27. The molecule has 0 atom stereocenters. The van der Waals surface area contributed by atoms with Gasteiger partial charge in [-0.2, -0.15) is 0 Å². The van der Waals surface area contributed by atoms with Gasteiger partial charge in [-0.05, 0) is 50.8 Å². The predicted molar refractivity (Wildman–Crippen MR) is 84.1 cm³/mol. The lowest BCUT2D eigenvalue weighted by Gasteiger charge is -2.09. The van der Waals surface area contributed by atoms with E-state index in [0.29, 0.717) is 18.0 Å². The maximum atomic E-state index is 12.2. The van der Waals surface area contributed by atoms with E-state index in [-0.39, 0.29) is 6.10 Å². The molecular formula is C15H24N2O3S. The Morgan fingerprint density at radius 2 is 2.14 bits per heavy atom. The topological polar surface area (TPSA) is 67.4 Å². The van der Waals surface area contributed by atoms with Gasteiger partial charge in [-0.3, -0.25) is 0 Å². The van der Waals surface area contributed by atoms with Gasteiger partial charge in [-0.25, -0.2) is 13.1 Å². The lowest BCUT2D eigenvalue weighted by Crippen LogP contribution is -2.25. The van der Waals surface area contributed by atoms with E-state index >= 15 is 0 Å². The van der Waals surface area contributed by atoms with Gasteiger partial charge in [-0.1, -0.05) is 6.07 Å². The number of hydrogen-bond acceptors (Lipinski definition) is 4. The quantitative estimate of drug-likeness (QED) is 0.722. The van der Waals surface area contributed by atoms with Crippen molar-refractivity contribution in [1.82, 2.24) is 4.72 Å². The molecule has 0 spiro atoms.